The Labute approximate surface area is 158 Å². The predicted molar refractivity (Wildman–Crippen MR) is 105 cm³/mol. The molecule has 4 rings (SSSR count). The number of aromatic carboxylic acids is 1. The predicted octanol–water partition coefficient (Wildman–Crippen LogP) is 3.83. The fraction of sp³-hybridized carbons (Fsp3) is 0.0952. The van der Waals surface area contributed by atoms with Crippen LogP contribution in [-0.4, -0.2) is 21.0 Å². The number of carboxylic acid groups (broad SMARTS) is 1. The van der Waals surface area contributed by atoms with Crippen LogP contribution in [0.5, 0.6) is 0 Å². The number of carbonyl (C=O) groups is 1. The van der Waals surface area contributed by atoms with Crippen LogP contribution >= 0.6 is 0 Å². The Morgan fingerprint density at radius 1 is 1.18 bits per heavy atom. The summed E-state index contributed by atoms with van der Waals surface area (Å²) in [6.07, 6.45) is 0. The van der Waals surface area contributed by atoms with E-state index in [1.165, 1.54) is 12.1 Å². The Morgan fingerprint density at radius 3 is 2.71 bits per heavy atom. The normalized spacial score (nSPS) is 11.1. The van der Waals surface area contributed by atoms with Gasteiger partial charge in [-0.25, -0.2) is 14.2 Å². The summed E-state index contributed by atoms with van der Waals surface area (Å²) in [5.74, 6) is -1.55. The molecule has 0 fully saturated rings. The molecule has 3 N–H and O–H groups in total. The molecule has 0 unspecified atom stereocenters. The summed E-state index contributed by atoms with van der Waals surface area (Å²) in [6, 6.07) is 13.4. The minimum atomic E-state index is -1.31. The van der Waals surface area contributed by atoms with Crippen molar-refractivity contribution < 1.29 is 14.3 Å². The molecular weight excluding hydrogens is 361 g/mol. The molecule has 0 aliphatic carbocycles. The van der Waals surface area contributed by atoms with Gasteiger partial charge in [0, 0.05) is 12.2 Å². The molecule has 0 amide bonds. The van der Waals surface area contributed by atoms with Gasteiger partial charge >= 0.3 is 5.97 Å². The van der Waals surface area contributed by atoms with Crippen LogP contribution in [0.4, 0.5) is 10.1 Å². The van der Waals surface area contributed by atoms with E-state index in [0.717, 1.165) is 22.4 Å². The molecule has 3 aromatic carbocycles. The summed E-state index contributed by atoms with van der Waals surface area (Å²) >= 11 is 0. The molecule has 0 radical (unpaired) electrons. The van der Waals surface area contributed by atoms with Crippen LogP contribution < -0.4 is 10.9 Å². The van der Waals surface area contributed by atoms with Crippen molar-refractivity contribution in [2.24, 2.45) is 0 Å². The average Bonchev–Trinajstić information content (AvgIpc) is 2.65. The van der Waals surface area contributed by atoms with Gasteiger partial charge in [-0.15, -0.1) is 0 Å². The van der Waals surface area contributed by atoms with E-state index in [0.29, 0.717) is 29.0 Å². The minimum absolute atomic E-state index is 0.190. The van der Waals surface area contributed by atoms with E-state index in [1.54, 1.807) is 6.92 Å². The van der Waals surface area contributed by atoms with Gasteiger partial charge < -0.3 is 15.4 Å². The quantitative estimate of drug-likeness (QED) is 0.470. The third-order valence-electron chi connectivity index (χ3n) is 4.57. The number of rotatable bonds is 4. The number of hydrogen-bond donors (Lipinski definition) is 3. The fourth-order valence-electron chi connectivity index (χ4n) is 3.24. The maximum atomic E-state index is 13.8. The van der Waals surface area contributed by atoms with E-state index in [9.17, 15) is 14.0 Å². The van der Waals surface area contributed by atoms with Crippen molar-refractivity contribution in [3.8, 4) is 0 Å². The van der Waals surface area contributed by atoms with Crippen molar-refractivity contribution in [2.75, 3.05) is 5.32 Å². The molecule has 4 aromatic rings. The van der Waals surface area contributed by atoms with Crippen LogP contribution in [0.3, 0.4) is 0 Å². The molecule has 140 valence electrons. The van der Waals surface area contributed by atoms with Crippen LogP contribution in [0.2, 0.25) is 0 Å². The second-order valence-corrected chi connectivity index (χ2v) is 6.52. The zero-order valence-electron chi connectivity index (χ0n) is 14.9. The van der Waals surface area contributed by atoms with Crippen molar-refractivity contribution in [1.29, 1.82) is 0 Å². The SMILES string of the molecule is Cc1nc2ccc3ccc(CNc4ccc(C(=O)O)c(F)c4)cc3c2c(=O)[nH]1. The van der Waals surface area contributed by atoms with Gasteiger partial charge in [-0.3, -0.25) is 4.79 Å². The molecule has 0 saturated heterocycles. The lowest BCUT2D eigenvalue weighted by molar-refractivity contribution is 0.0692. The van der Waals surface area contributed by atoms with Crippen molar-refractivity contribution in [2.45, 2.75) is 13.5 Å². The van der Waals surface area contributed by atoms with E-state index in [4.69, 9.17) is 5.11 Å². The van der Waals surface area contributed by atoms with Crippen molar-refractivity contribution in [3.05, 3.63) is 81.7 Å². The summed E-state index contributed by atoms with van der Waals surface area (Å²) in [5.41, 5.74) is 1.43. The molecule has 0 atom stereocenters. The number of nitrogens with one attached hydrogen (secondary N) is 2. The Kier molecular flexibility index (Phi) is 4.27. The van der Waals surface area contributed by atoms with Crippen LogP contribution in [0.1, 0.15) is 21.7 Å². The molecule has 0 spiro atoms. The van der Waals surface area contributed by atoms with Crippen molar-refractivity contribution in [1.82, 2.24) is 9.97 Å². The Morgan fingerprint density at radius 2 is 1.96 bits per heavy atom. The molecule has 0 aliphatic heterocycles. The number of H-pyrrole nitrogens is 1. The van der Waals surface area contributed by atoms with Gasteiger partial charge in [-0.1, -0.05) is 18.2 Å². The molecule has 1 aromatic heterocycles. The molecule has 6 nitrogen and oxygen atoms in total. The lowest BCUT2D eigenvalue weighted by atomic mass is 10.0. The summed E-state index contributed by atoms with van der Waals surface area (Å²) in [6.45, 7) is 2.12. The molecule has 0 saturated carbocycles. The highest BCUT2D eigenvalue weighted by Crippen LogP contribution is 2.24. The zero-order chi connectivity index (χ0) is 19.8. The van der Waals surface area contributed by atoms with Gasteiger partial charge in [0.2, 0.25) is 0 Å². The number of nitrogens with zero attached hydrogens (tertiary/aromatic N) is 1. The highest BCUT2D eigenvalue weighted by Gasteiger charge is 2.11. The van der Waals surface area contributed by atoms with Gasteiger partial charge in [0.25, 0.3) is 5.56 Å². The Hall–Kier alpha value is -3.74. The summed E-state index contributed by atoms with van der Waals surface area (Å²) in [5, 5.41) is 14.2. The van der Waals surface area contributed by atoms with E-state index in [1.807, 2.05) is 30.3 Å². The number of halogens is 1. The number of fused-ring (bicyclic) bond motifs is 3. The first-order valence-electron chi connectivity index (χ1n) is 8.61. The molecule has 7 heteroatoms. The number of anilines is 1. The van der Waals surface area contributed by atoms with E-state index in [-0.39, 0.29) is 11.1 Å². The number of aromatic amines is 1. The van der Waals surface area contributed by atoms with Gasteiger partial charge in [-0.2, -0.15) is 0 Å². The topological polar surface area (TPSA) is 95.1 Å². The molecule has 0 aliphatic rings. The molecular formula is C21H16FN3O3. The maximum Gasteiger partial charge on any atom is 0.338 e. The van der Waals surface area contributed by atoms with Crippen molar-refractivity contribution >= 4 is 33.3 Å². The van der Waals surface area contributed by atoms with Gasteiger partial charge in [-0.05, 0) is 53.6 Å². The first-order valence-corrected chi connectivity index (χ1v) is 8.61. The maximum absolute atomic E-state index is 13.8. The Balaban J connectivity index is 1.68. The number of aromatic nitrogens is 2. The monoisotopic (exact) mass is 377 g/mol. The Bertz CT molecular complexity index is 1300. The van der Waals surface area contributed by atoms with Gasteiger partial charge in [0.15, 0.2) is 0 Å². The first kappa shape index (κ1) is 17.7. The van der Waals surface area contributed by atoms with Crippen LogP contribution in [0.25, 0.3) is 21.7 Å². The summed E-state index contributed by atoms with van der Waals surface area (Å²) in [4.78, 5) is 30.4. The number of hydrogen-bond acceptors (Lipinski definition) is 4. The number of carboxylic acids is 1. The van der Waals surface area contributed by atoms with E-state index < -0.39 is 11.8 Å². The molecule has 1 heterocycles. The molecule has 28 heavy (non-hydrogen) atoms. The van der Waals surface area contributed by atoms with Crippen LogP contribution in [0.15, 0.2) is 53.3 Å². The third-order valence-corrected chi connectivity index (χ3v) is 4.57. The second kappa shape index (κ2) is 6.77. The van der Waals surface area contributed by atoms with Crippen LogP contribution in [0, 0.1) is 12.7 Å². The molecule has 0 bridgehead atoms. The smallest absolute Gasteiger partial charge is 0.338 e. The highest BCUT2D eigenvalue weighted by atomic mass is 19.1. The number of benzene rings is 3. The largest absolute Gasteiger partial charge is 0.478 e. The van der Waals surface area contributed by atoms with Crippen molar-refractivity contribution in [3.63, 3.8) is 0 Å². The summed E-state index contributed by atoms with van der Waals surface area (Å²) < 4.78 is 13.8. The van der Waals surface area contributed by atoms with E-state index >= 15 is 0 Å². The zero-order valence-corrected chi connectivity index (χ0v) is 14.9. The van der Waals surface area contributed by atoms with E-state index in [2.05, 4.69) is 15.3 Å². The first-order chi connectivity index (χ1) is 13.4. The highest BCUT2D eigenvalue weighted by molar-refractivity contribution is 6.05. The van der Waals surface area contributed by atoms with Gasteiger partial charge in [0.05, 0.1) is 16.5 Å². The fourth-order valence-corrected chi connectivity index (χ4v) is 3.24. The lowest BCUT2D eigenvalue weighted by Gasteiger charge is -2.10. The second-order valence-electron chi connectivity index (χ2n) is 6.52. The average molecular weight is 377 g/mol. The van der Waals surface area contributed by atoms with Gasteiger partial charge in [0.1, 0.15) is 11.6 Å². The lowest BCUT2D eigenvalue weighted by Crippen LogP contribution is -2.10. The van der Waals surface area contributed by atoms with Crippen LogP contribution in [-0.2, 0) is 6.54 Å². The number of aryl methyl sites for hydroxylation is 1. The minimum Gasteiger partial charge on any atom is -0.478 e. The summed E-state index contributed by atoms with van der Waals surface area (Å²) in [7, 11) is 0. The third kappa shape index (κ3) is 3.18. The standard InChI is InChI=1S/C21H16FN3O3/c1-11-24-18-7-4-13-3-2-12(8-16(13)19(18)20(26)25-11)10-23-14-5-6-15(21(27)28)17(22)9-14/h2-9,23H,10H2,1H3,(H,27,28)(H,24,25,26).